The molecule has 0 saturated carbocycles. The van der Waals surface area contributed by atoms with Crippen LogP contribution in [0.2, 0.25) is 0 Å². The summed E-state index contributed by atoms with van der Waals surface area (Å²) in [6.07, 6.45) is 10.6. The van der Waals surface area contributed by atoms with Gasteiger partial charge in [-0.15, -0.1) is 32.5 Å². The molecule has 1 aliphatic heterocycles. The highest BCUT2D eigenvalue weighted by atomic mass is 127. The summed E-state index contributed by atoms with van der Waals surface area (Å²) in [5.74, 6) is 0. The first kappa shape index (κ1) is 14.8. The summed E-state index contributed by atoms with van der Waals surface area (Å²) in [4.78, 5) is 1.30. The molecule has 1 heterocycles. The zero-order chi connectivity index (χ0) is 14.5. The zero-order valence-corrected chi connectivity index (χ0v) is 14.9. The quantitative estimate of drug-likeness (QED) is 0.269. The van der Waals surface area contributed by atoms with E-state index in [1.54, 1.807) is 15.3 Å². The third kappa shape index (κ3) is 4.42. The number of rotatable bonds is 5. The van der Waals surface area contributed by atoms with Gasteiger partial charge < -0.3 is 0 Å². The van der Waals surface area contributed by atoms with Crippen LogP contribution in [0.3, 0.4) is 0 Å². The lowest BCUT2D eigenvalue weighted by Gasteiger charge is -1.96. The van der Waals surface area contributed by atoms with Gasteiger partial charge in [-0.2, -0.15) is 0 Å². The summed E-state index contributed by atoms with van der Waals surface area (Å²) in [7, 11) is 0. The molecule has 0 fully saturated rings. The van der Waals surface area contributed by atoms with Gasteiger partial charge >= 0.3 is 0 Å². The van der Waals surface area contributed by atoms with E-state index in [-0.39, 0.29) is 0 Å². The van der Waals surface area contributed by atoms with Gasteiger partial charge in [0, 0.05) is 9.32 Å². The minimum atomic E-state index is 0.427. The molecule has 3 rings (SSSR count). The fourth-order valence-corrected chi connectivity index (χ4v) is 3.85. The van der Waals surface area contributed by atoms with E-state index in [0.29, 0.717) is 20.7 Å². The van der Waals surface area contributed by atoms with Crippen LogP contribution in [0.1, 0.15) is 16.7 Å². The third-order valence-corrected chi connectivity index (χ3v) is 6.19. The smallest absolute Gasteiger partial charge is 0.0259 e. The van der Waals surface area contributed by atoms with Crippen molar-refractivity contribution in [2.45, 2.75) is 4.90 Å². The molecular weight excluding hydrogens is 387 g/mol. The number of alkyl halides is 1. The van der Waals surface area contributed by atoms with E-state index in [1.807, 2.05) is 0 Å². The average molecular weight is 404 g/mol. The average Bonchev–Trinajstić information content (AvgIpc) is 3.38. The Balaban J connectivity index is 1.59. The summed E-state index contributed by atoms with van der Waals surface area (Å²) >= 11 is 2.20. The van der Waals surface area contributed by atoms with Gasteiger partial charge in [0.1, 0.15) is 0 Å². The van der Waals surface area contributed by atoms with E-state index in [2.05, 4.69) is 79.1 Å². The molecule has 1 aliphatic rings. The topological polar surface area (TPSA) is 0 Å². The lowest BCUT2D eigenvalue weighted by molar-refractivity contribution is 1.45. The fraction of sp³-hybridized carbons (Fsp3) is 0.105. The second-order valence-corrected chi connectivity index (χ2v) is 8.49. The number of thioether (sulfide) groups is 1. The van der Waals surface area contributed by atoms with Crippen molar-refractivity contribution in [3.05, 3.63) is 77.4 Å². The van der Waals surface area contributed by atoms with E-state index in [9.17, 15) is 0 Å². The van der Waals surface area contributed by atoms with Crippen molar-refractivity contribution in [3.63, 3.8) is 0 Å². The first-order valence-electron chi connectivity index (χ1n) is 6.89. The molecule has 0 spiro atoms. The van der Waals surface area contributed by atoms with Crippen molar-refractivity contribution in [2.24, 2.45) is 0 Å². The van der Waals surface area contributed by atoms with Crippen LogP contribution in [0.25, 0.3) is 12.2 Å². The van der Waals surface area contributed by atoms with Crippen molar-refractivity contribution in [1.82, 2.24) is 0 Å². The SMILES string of the molecule is CSc1ccc(/C=C/C=C/c2ccc(C3=IC3)cc2)cc1. The molecule has 106 valence electrons. The maximum absolute atomic E-state index is 2.26. The number of halogens is 1. The Hall–Kier alpha value is -1.13. The molecule has 0 unspecified atom stereocenters. The van der Waals surface area contributed by atoms with Crippen molar-refractivity contribution in [2.75, 3.05) is 10.7 Å². The van der Waals surface area contributed by atoms with Gasteiger partial charge in [-0.05, 0) is 38.6 Å². The number of hydrogen-bond donors (Lipinski definition) is 0. The molecule has 0 atom stereocenters. The van der Waals surface area contributed by atoms with Crippen LogP contribution in [0.4, 0.5) is 0 Å². The monoisotopic (exact) mass is 404 g/mol. The molecule has 2 aromatic carbocycles. The highest BCUT2D eigenvalue weighted by Gasteiger charge is 2.09. The third-order valence-electron chi connectivity index (χ3n) is 3.30. The minimum absolute atomic E-state index is 0.427. The summed E-state index contributed by atoms with van der Waals surface area (Å²) in [5.41, 5.74) is 3.96. The van der Waals surface area contributed by atoms with Crippen LogP contribution < -0.4 is 0 Å². The van der Waals surface area contributed by atoms with Crippen LogP contribution in [0, 0.1) is 0 Å². The predicted molar refractivity (Wildman–Crippen MR) is 106 cm³/mol. The standard InChI is InChI=1S/C19H17IS/c1-21-18-12-8-16(9-13-18)5-3-2-4-15-6-10-17(11-7-15)19-14-20-19/h2-13H,14H2,1H3/b4-2+,5-3+. The molecule has 0 aromatic heterocycles. The number of benzene rings is 2. The Kier molecular flexibility index (Phi) is 5.09. The van der Waals surface area contributed by atoms with Crippen molar-refractivity contribution in [1.29, 1.82) is 0 Å². The van der Waals surface area contributed by atoms with Gasteiger partial charge in [0.2, 0.25) is 0 Å². The molecule has 0 radical (unpaired) electrons. The highest BCUT2D eigenvalue weighted by molar-refractivity contribution is 14.2. The molecule has 0 bridgehead atoms. The van der Waals surface area contributed by atoms with Gasteiger partial charge in [0.05, 0.1) is 0 Å². The normalized spacial score (nSPS) is 14.2. The fourth-order valence-electron chi connectivity index (χ4n) is 2.01. The van der Waals surface area contributed by atoms with Gasteiger partial charge in [0.15, 0.2) is 0 Å². The molecule has 21 heavy (non-hydrogen) atoms. The Morgan fingerprint density at radius 3 is 1.86 bits per heavy atom. The lowest BCUT2D eigenvalue weighted by Crippen LogP contribution is -1.85. The van der Waals surface area contributed by atoms with E-state index in [0.717, 1.165) is 0 Å². The molecule has 2 aromatic rings. The van der Waals surface area contributed by atoms with Crippen LogP contribution in [0.5, 0.6) is 0 Å². The van der Waals surface area contributed by atoms with Crippen molar-refractivity contribution in [3.8, 4) is 0 Å². The molecule has 0 amide bonds. The second-order valence-electron chi connectivity index (χ2n) is 4.79. The zero-order valence-electron chi connectivity index (χ0n) is 11.9. The summed E-state index contributed by atoms with van der Waals surface area (Å²) in [5, 5.41) is 0. The summed E-state index contributed by atoms with van der Waals surface area (Å²) in [6, 6.07) is 17.6. The maximum atomic E-state index is 2.26. The Bertz CT molecular complexity index is 691. The summed E-state index contributed by atoms with van der Waals surface area (Å²) in [6.45, 7) is 0. The van der Waals surface area contributed by atoms with Gasteiger partial charge in [0.25, 0.3) is 0 Å². The molecule has 0 N–H and O–H groups in total. The van der Waals surface area contributed by atoms with Gasteiger partial charge in [-0.3, -0.25) is 0 Å². The predicted octanol–water partition coefficient (Wildman–Crippen LogP) is 5.64. The number of allylic oxidation sites excluding steroid dienone is 2. The van der Waals surface area contributed by atoms with E-state index < -0.39 is 0 Å². The van der Waals surface area contributed by atoms with E-state index >= 15 is 0 Å². The van der Waals surface area contributed by atoms with Crippen LogP contribution in [0.15, 0.2) is 65.6 Å². The summed E-state index contributed by atoms with van der Waals surface area (Å²) < 4.78 is 3.10. The van der Waals surface area contributed by atoms with Gasteiger partial charge in [-0.25, -0.2) is 0 Å². The molecule has 0 nitrogen and oxygen atoms in total. The Morgan fingerprint density at radius 1 is 0.857 bits per heavy atom. The molecule has 0 aliphatic carbocycles. The highest BCUT2D eigenvalue weighted by Crippen LogP contribution is 2.25. The van der Waals surface area contributed by atoms with E-state index in [1.165, 1.54) is 26.0 Å². The van der Waals surface area contributed by atoms with Crippen LogP contribution in [-0.2, 0) is 0 Å². The molecule has 2 heteroatoms. The first-order chi connectivity index (χ1) is 10.3. The largest absolute Gasteiger partial charge is 0.130 e. The second kappa shape index (κ2) is 7.23. The number of hydrogen-bond acceptors (Lipinski definition) is 1. The molecular formula is C19H17IS. The van der Waals surface area contributed by atoms with Crippen LogP contribution in [-0.4, -0.2) is 14.2 Å². The minimum Gasteiger partial charge on any atom is -0.130 e. The lowest BCUT2D eigenvalue weighted by atomic mass is 10.1. The van der Waals surface area contributed by atoms with Crippen molar-refractivity contribution < 1.29 is 0 Å². The van der Waals surface area contributed by atoms with Crippen molar-refractivity contribution >= 4 is 48.2 Å². The Morgan fingerprint density at radius 2 is 1.38 bits per heavy atom. The maximum Gasteiger partial charge on any atom is 0.0259 e. The van der Waals surface area contributed by atoms with Gasteiger partial charge in [-0.1, -0.05) is 60.7 Å². The first-order valence-corrected chi connectivity index (χ1v) is 10.7. The molecule has 0 saturated heterocycles. The van der Waals surface area contributed by atoms with E-state index in [4.69, 9.17) is 0 Å². The Labute approximate surface area is 140 Å². The van der Waals surface area contributed by atoms with Crippen LogP contribution >= 0.6 is 32.5 Å².